The van der Waals surface area contributed by atoms with Crippen molar-refractivity contribution in [2.75, 3.05) is 19.7 Å². The highest BCUT2D eigenvalue weighted by Crippen LogP contribution is 2.24. The quantitative estimate of drug-likeness (QED) is 0.818. The zero-order chi connectivity index (χ0) is 11.4. The average molecular weight is 240 g/mol. The lowest BCUT2D eigenvalue weighted by Gasteiger charge is -2.20. The van der Waals surface area contributed by atoms with Gasteiger partial charge < -0.3 is 10.1 Å². The van der Waals surface area contributed by atoms with Crippen LogP contribution in [0, 0.1) is 0 Å². The second-order valence-corrected chi connectivity index (χ2v) is 4.70. The van der Waals surface area contributed by atoms with E-state index in [0.29, 0.717) is 17.5 Å². The molecule has 1 aliphatic rings. The van der Waals surface area contributed by atoms with Gasteiger partial charge in [-0.25, -0.2) is 9.78 Å². The van der Waals surface area contributed by atoms with Gasteiger partial charge in [0.25, 0.3) is 0 Å². The average Bonchev–Trinajstić information content (AvgIpc) is 2.80. The summed E-state index contributed by atoms with van der Waals surface area (Å²) in [6.45, 7) is 4.26. The number of nitrogens with zero attached hydrogens (tertiary/aromatic N) is 1. The van der Waals surface area contributed by atoms with E-state index in [0.717, 1.165) is 25.2 Å². The summed E-state index contributed by atoms with van der Waals surface area (Å²) in [7, 11) is 0. The number of rotatable bonds is 3. The Hall–Kier alpha value is -0.940. The van der Waals surface area contributed by atoms with E-state index in [1.54, 1.807) is 6.92 Å². The molecule has 0 radical (unpaired) electrons. The molecule has 1 atom stereocenters. The van der Waals surface area contributed by atoms with Crippen LogP contribution in [-0.4, -0.2) is 30.6 Å². The van der Waals surface area contributed by atoms with Crippen LogP contribution < -0.4 is 5.32 Å². The molecule has 16 heavy (non-hydrogen) atoms. The number of piperidine rings is 1. The predicted molar refractivity (Wildman–Crippen MR) is 62.9 cm³/mol. The van der Waals surface area contributed by atoms with Crippen LogP contribution in [-0.2, 0) is 4.74 Å². The van der Waals surface area contributed by atoms with Crippen molar-refractivity contribution in [1.29, 1.82) is 0 Å². The van der Waals surface area contributed by atoms with E-state index in [9.17, 15) is 4.79 Å². The standard InChI is InChI=1S/C11H16N2O2S/c1-2-15-11(14)10-13-9(7-16-10)8-4-3-5-12-6-8/h7-8,12H,2-6H2,1H3/t8-/m0/s1. The van der Waals surface area contributed by atoms with Crippen LogP contribution >= 0.6 is 11.3 Å². The molecule has 0 spiro atoms. The number of esters is 1. The molecule has 0 unspecified atom stereocenters. The van der Waals surface area contributed by atoms with E-state index >= 15 is 0 Å². The van der Waals surface area contributed by atoms with Crippen molar-refractivity contribution >= 4 is 17.3 Å². The van der Waals surface area contributed by atoms with Gasteiger partial charge in [0.15, 0.2) is 0 Å². The molecule has 1 fully saturated rings. The predicted octanol–water partition coefficient (Wildman–Crippen LogP) is 1.79. The van der Waals surface area contributed by atoms with Gasteiger partial charge in [-0.2, -0.15) is 0 Å². The van der Waals surface area contributed by atoms with Gasteiger partial charge in [-0.05, 0) is 26.3 Å². The summed E-state index contributed by atoms with van der Waals surface area (Å²) < 4.78 is 4.92. The normalized spacial score (nSPS) is 20.7. The molecule has 1 saturated heterocycles. The van der Waals surface area contributed by atoms with E-state index in [1.165, 1.54) is 17.8 Å². The zero-order valence-electron chi connectivity index (χ0n) is 9.36. The molecular formula is C11H16N2O2S. The van der Waals surface area contributed by atoms with Crippen LogP contribution in [0.3, 0.4) is 0 Å². The third kappa shape index (κ3) is 2.59. The molecule has 2 heterocycles. The zero-order valence-corrected chi connectivity index (χ0v) is 10.2. The number of hydrogen-bond acceptors (Lipinski definition) is 5. The van der Waals surface area contributed by atoms with Crippen LogP contribution in [0.25, 0.3) is 0 Å². The molecule has 88 valence electrons. The first-order valence-electron chi connectivity index (χ1n) is 5.64. The first-order valence-corrected chi connectivity index (χ1v) is 6.52. The molecule has 1 N–H and O–H groups in total. The van der Waals surface area contributed by atoms with Crippen molar-refractivity contribution in [3.8, 4) is 0 Å². The first-order chi connectivity index (χ1) is 7.81. The summed E-state index contributed by atoms with van der Waals surface area (Å²) in [6.07, 6.45) is 2.33. The molecule has 0 aromatic carbocycles. The van der Waals surface area contributed by atoms with Crippen molar-refractivity contribution in [3.05, 3.63) is 16.1 Å². The number of carbonyl (C=O) groups is 1. The fourth-order valence-corrected chi connectivity index (χ4v) is 2.66. The Morgan fingerprint density at radius 3 is 3.31 bits per heavy atom. The molecule has 4 nitrogen and oxygen atoms in total. The minimum absolute atomic E-state index is 0.303. The summed E-state index contributed by atoms with van der Waals surface area (Å²) in [5, 5.41) is 5.80. The van der Waals surface area contributed by atoms with Crippen LogP contribution in [0.15, 0.2) is 5.38 Å². The van der Waals surface area contributed by atoms with Crippen molar-refractivity contribution in [3.63, 3.8) is 0 Å². The topological polar surface area (TPSA) is 51.2 Å². The molecule has 0 bridgehead atoms. The van der Waals surface area contributed by atoms with Gasteiger partial charge in [0.05, 0.1) is 12.3 Å². The number of aromatic nitrogens is 1. The largest absolute Gasteiger partial charge is 0.461 e. The van der Waals surface area contributed by atoms with Gasteiger partial charge in [-0.3, -0.25) is 0 Å². The lowest BCUT2D eigenvalue weighted by atomic mass is 9.97. The Morgan fingerprint density at radius 1 is 1.75 bits per heavy atom. The molecule has 2 rings (SSSR count). The molecular weight excluding hydrogens is 224 g/mol. The molecule has 0 amide bonds. The maximum atomic E-state index is 11.5. The summed E-state index contributed by atoms with van der Waals surface area (Å²) in [5.74, 6) is 0.149. The SMILES string of the molecule is CCOC(=O)c1nc([C@H]2CCCNC2)cs1. The van der Waals surface area contributed by atoms with Crippen molar-refractivity contribution in [1.82, 2.24) is 10.3 Å². The maximum absolute atomic E-state index is 11.5. The molecule has 0 saturated carbocycles. The molecule has 1 aromatic rings. The fourth-order valence-electron chi connectivity index (χ4n) is 1.86. The van der Waals surface area contributed by atoms with Gasteiger partial charge >= 0.3 is 5.97 Å². The number of carbonyl (C=O) groups excluding carboxylic acids is 1. The highest BCUT2D eigenvalue weighted by molar-refractivity contribution is 7.11. The molecule has 1 aromatic heterocycles. The van der Waals surface area contributed by atoms with Gasteiger partial charge in [0, 0.05) is 17.8 Å². The van der Waals surface area contributed by atoms with Crippen LogP contribution in [0.1, 0.15) is 41.2 Å². The molecule has 0 aliphatic carbocycles. The Balaban J connectivity index is 2.03. The van der Waals surface area contributed by atoms with E-state index in [2.05, 4.69) is 10.3 Å². The summed E-state index contributed by atoms with van der Waals surface area (Å²) in [4.78, 5) is 15.8. The lowest BCUT2D eigenvalue weighted by molar-refractivity contribution is 0.0525. The molecule has 1 aliphatic heterocycles. The number of hydrogen-bond donors (Lipinski definition) is 1. The molecule has 5 heteroatoms. The Labute approximate surface area is 99.0 Å². The minimum atomic E-state index is -0.303. The minimum Gasteiger partial charge on any atom is -0.461 e. The third-order valence-corrected chi connectivity index (χ3v) is 3.53. The van der Waals surface area contributed by atoms with Gasteiger partial charge in [0.2, 0.25) is 5.01 Å². The monoisotopic (exact) mass is 240 g/mol. The highest BCUT2D eigenvalue weighted by Gasteiger charge is 2.20. The summed E-state index contributed by atoms with van der Waals surface area (Å²) >= 11 is 1.38. The summed E-state index contributed by atoms with van der Waals surface area (Å²) in [5.41, 5.74) is 1.03. The highest BCUT2D eigenvalue weighted by atomic mass is 32.1. The Morgan fingerprint density at radius 2 is 2.62 bits per heavy atom. The van der Waals surface area contributed by atoms with Crippen molar-refractivity contribution in [2.45, 2.75) is 25.7 Å². The van der Waals surface area contributed by atoms with Crippen molar-refractivity contribution in [2.24, 2.45) is 0 Å². The number of ether oxygens (including phenoxy) is 1. The second kappa shape index (κ2) is 5.41. The second-order valence-electron chi connectivity index (χ2n) is 3.84. The smallest absolute Gasteiger partial charge is 0.367 e. The van der Waals surface area contributed by atoms with E-state index in [1.807, 2.05) is 5.38 Å². The van der Waals surface area contributed by atoms with Crippen LogP contribution in [0.2, 0.25) is 0 Å². The third-order valence-electron chi connectivity index (χ3n) is 2.69. The van der Waals surface area contributed by atoms with Crippen LogP contribution in [0.4, 0.5) is 0 Å². The summed E-state index contributed by atoms with van der Waals surface area (Å²) in [6, 6.07) is 0. The van der Waals surface area contributed by atoms with E-state index < -0.39 is 0 Å². The van der Waals surface area contributed by atoms with Gasteiger partial charge in [-0.15, -0.1) is 11.3 Å². The Kier molecular flexibility index (Phi) is 3.90. The number of nitrogens with one attached hydrogen (secondary N) is 1. The van der Waals surface area contributed by atoms with Crippen molar-refractivity contribution < 1.29 is 9.53 Å². The van der Waals surface area contributed by atoms with Crippen LogP contribution in [0.5, 0.6) is 0 Å². The fraction of sp³-hybridized carbons (Fsp3) is 0.636. The first kappa shape index (κ1) is 11.5. The van der Waals surface area contributed by atoms with E-state index in [4.69, 9.17) is 4.74 Å². The van der Waals surface area contributed by atoms with Gasteiger partial charge in [-0.1, -0.05) is 0 Å². The maximum Gasteiger partial charge on any atom is 0.367 e. The lowest BCUT2D eigenvalue weighted by Crippen LogP contribution is -2.28. The number of thiazole rings is 1. The van der Waals surface area contributed by atoms with E-state index in [-0.39, 0.29) is 5.97 Å². The van der Waals surface area contributed by atoms with Gasteiger partial charge in [0.1, 0.15) is 0 Å². The Bertz CT molecular complexity index is 359.